The molecule has 0 saturated carbocycles. The zero-order valence-corrected chi connectivity index (χ0v) is 12.9. The molecule has 4 rings (SSSR count). The summed E-state index contributed by atoms with van der Waals surface area (Å²) in [7, 11) is 0. The van der Waals surface area contributed by atoms with Crippen LogP contribution in [-0.2, 0) is 4.79 Å². The SMILES string of the molecule is C[C@H]1C(=O)N2CCC[C@@H]2CN1C(=O)c1cc2cc(F)ccc2[nH]1. The predicted molar refractivity (Wildman–Crippen MR) is 83.5 cm³/mol. The standard InChI is InChI=1S/C17H18FN3O2/c1-10-16(22)20-6-2-3-13(20)9-21(10)17(23)15-8-11-7-12(18)4-5-14(11)19-15/h4-5,7-8,10,13,19H,2-3,6,9H2,1H3/t10-,13+/m0/s1. The van der Waals surface area contributed by atoms with Crippen LogP contribution in [0.2, 0.25) is 0 Å². The molecule has 23 heavy (non-hydrogen) atoms. The van der Waals surface area contributed by atoms with E-state index in [-0.39, 0.29) is 23.7 Å². The fourth-order valence-electron chi connectivity index (χ4n) is 3.71. The molecular weight excluding hydrogens is 297 g/mol. The molecule has 2 amide bonds. The van der Waals surface area contributed by atoms with Gasteiger partial charge in [0.15, 0.2) is 0 Å². The Kier molecular flexibility index (Phi) is 3.14. The van der Waals surface area contributed by atoms with Gasteiger partial charge in [-0.15, -0.1) is 0 Å². The summed E-state index contributed by atoms with van der Waals surface area (Å²) in [4.78, 5) is 31.8. The molecule has 6 heteroatoms. The molecule has 2 aliphatic rings. The number of rotatable bonds is 1. The second-order valence-corrected chi connectivity index (χ2v) is 6.38. The maximum atomic E-state index is 13.3. The van der Waals surface area contributed by atoms with E-state index in [9.17, 15) is 14.0 Å². The van der Waals surface area contributed by atoms with Crippen molar-refractivity contribution in [2.45, 2.75) is 31.8 Å². The first-order valence-corrected chi connectivity index (χ1v) is 7.94. The molecule has 1 aromatic carbocycles. The van der Waals surface area contributed by atoms with Crippen LogP contribution in [0.25, 0.3) is 10.9 Å². The highest BCUT2D eigenvalue weighted by atomic mass is 19.1. The van der Waals surface area contributed by atoms with Crippen LogP contribution in [0.5, 0.6) is 0 Å². The number of fused-ring (bicyclic) bond motifs is 2. The molecule has 120 valence electrons. The van der Waals surface area contributed by atoms with Crippen LogP contribution < -0.4 is 0 Å². The van der Waals surface area contributed by atoms with Crippen LogP contribution in [0.3, 0.4) is 0 Å². The Labute approximate surface area is 133 Å². The molecule has 2 fully saturated rings. The van der Waals surface area contributed by atoms with Gasteiger partial charge in [0.2, 0.25) is 5.91 Å². The van der Waals surface area contributed by atoms with Gasteiger partial charge in [-0.2, -0.15) is 0 Å². The van der Waals surface area contributed by atoms with Gasteiger partial charge in [0.25, 0.3) is 5.91 Å². The topological polar surface area (TPSA) is 56.4 Å². The van der Waals surface area contributed by atoms with E-state index in [1.165, 1.54) is 12.1 Å². The average molecular weight is 315 g/mol. The molecule has 1 aromatic heterocycles. The molecule has 5 nitrogen and oxygen atoms in total. The maximum absolute atomic E-state index is 13.3. The maximum Gasteiger partial charge on any atom is 0.271 e. The second kappa shape index (κ2) is 5.08. The van der Waals surface area contributed by atoms with Gasteiger partial charge < -0.3 is 14.8 Å². The quantitative estimate of drug-likeness (QED) is 0.876. The summed E-state index contributed by atoms with van der Waals surface area (Å²) in [6.07, 6.45) is 1.94. The molecule has 0 radical (unpaired) electrons. The number of hydrogen-bond donors (Lipinski definition) is 1. The summed E-state index contributed by atoms with van der Waals surface area (Å²) in [6, 6.07) is 5.69. The molecule has 2 aliphatic heterocycles. The van der Waals surface area contributed by atoms with Crippen molar-refractivity contribution < 1.29 is 14.0 Å². The molecule has 0 aliphatic carbocycles. The average Bonchev–Trinajstić information content (AvgIpc) is 3.16. The zero-order chi connectivity index (χ0) is 16.1. The number of aromatic amines is 1. The van der Waals surface area contributed by atoms with Crippen LogP contribution in [0, 0.1) is 5.82 Å². The lowest BCUT2D eigenvalue weighted by molar-refractivity contribution is -0.141. The van der Waals surface area contributed by atoms with E-state index in [0.717, 1.165) is 19.4 Å². The Morgan fingerprint density at radius 1 is 1.35 bits per heavy atom. The first kappa shape index (κ1) is 14.2. The number of H-pyrrole nitrogens is 1. The van der Waals surface area contributed by atoms with Gasteiger partial charge >= 0.3 is 0 Å². The summed E-state index contributed by atoms with van der Waals surface area (Å²) >= 11 is 0. The van der Waals surface area contributed by atoms with Gasteiger partial charge in [-0.1, -0.05) is 0 Å². The Bertz CT molecular complexity index is 800. The number of nitrogens with zero attached hydrogens (tertiary/aromatic N) is 2. The lowest BCUT2D eigenvalue weighted by atomic mass is 10.1. The third kappa shape index (κ3) is 2.20. The summed E-state index contributed by atoms with van der Waals surface area (Å²) in [6.45, 7) is 3.13. The van der Waals surface area contributed by atoms with Crippen molar-refractivity contribution in [3.8, 4) is 0 Å². The zero-order valence-electron chi connectivity index (χ0n) is 12.9. The molecule has 1 N–H and O–H groups in total. The van der Waals surface area contributed by atoms with Crippen molar-refractivity contribution in [2.75, 3.05) is 13.1 Å². The van der Waals surface area contributed by atoms with E-state index >= 15 is 0 Å². The van der Waals surface area contributed by atoms with Gasteiger partial charge in [-0.25, -0.2) is 4.39 Å². The number of carbonyl (C=O) groups excluding carboxylic acids is 2. The van der Waals surface area contributed by atoms with Crippen molar-refractivity contribution in [3.63, 3.8) is 0 Å². The molecule has 3 heterocycles. The van der Waals surface area contributed by atoms with Crippen LogP contribution in [0.1, 0.15) is 30.3 Å². The van der Waals surface area contributed by atoms with E-state index in [1.807, 2.05) is 4.90 Å². The smallest absolute Gasteiger partial charge is 0.271 e. The highest BCUT2D eigenvalue weighted by Crippen LogP contribution is 2.27. The van der Waals surface area contributed by atoms with Crippen LogP contribution in [0.4, 0.5) is 4.39 Å². The number of piperazine rings is 1. The van der Waals surface area contributed by atoms with E-state index in [1.54, 1.807) is 24.0 Å². The molecule has 0 bridgehead atoms. The largest absolute Gasteiger partial charge is 0.351 e. The molecule has 0 unspecified atom stereocenters. The number of nitrogens with one attached hydrogen (secondary N) is 1. The Hall–Kier alpha value is -2.37. The fourth-order valence-corrected chi connectivity index (χ4v) is 3.71. The highest BCUT2D eigenvalue weighted by molar-refractivity contribution is 6.00. The van der Waals surface area contributed by atoms with E-state index in [0.29, 0.717) is 23.1 Å². The molecule has 2 aromatic rings. The first-order chi connectivity index (χ1) is 11.0. The minimum absolute atomic E-state index is 0.0225. The Morgan fingerprint density at radius 2 is 2.17 bits per heavy atom. The minimum atomic E-state index is -0.458. The van der Waals surface area contributed by atoms with E-state index in [4.69, 9.17) is 0 Å². The fraction of sp³-hybridized carbons (Fsp3) is 0.412. The van der Waals surface area contributed by atoms with Crippen molar-refractivity contribution in [1.82, 2.24) is 14.8 Å². The predicted octanol–water partition coefficient (Wildman–Crippen LogP) is 2.14. The number of hydrogen-bond acceptors (Lipinski definition) is 2. The van der Waals surface area contributed by atoms with E-state index in [2.05, 4.69) is 4.98 Å². The van der Waals surface area contributed by atoms with Gasteiger partial charge in [-0.05, 0) is 44.0 Å². The van der Waals surface area contributed by atoms with Crippen LogP contribution in [0.15, 0.2) is 24.3 Å². The van der Waals surface area contributed by atoms with Gasteiger partial charge in [0, 0.05) is 30.0 Å². The van der Waals surface area contributed by atoms with Gasteiger partial charge in [-0.3, -0.25) is 9.59 Å². The summed E-state index contributed by atoms with van der Waals surface area (Å²) in [5.41, 5.74) is 1.12. The Morgan fingerprint density at radius 3 is 3.00 bits per heavy atom. The molecule has 2 atom stereocenters. The number of benzene rings is 1. The van der Waals surface area contributed by atoms with Crippen LogP contribution >= 0.6 is 0 Å². The number of halogens is 1. The summed E-state index contributed by atoms with van der Waals surface area (Å²) < 4.78 is 13.3. The Balaban J connectivity index is 1.65. The lowest BCUT2D eigenvalue weighted by Gasteiger charge is -2.41. The van der Waals surface area contributed by atoms with E-state index < -0.39 is 6.04 Å². The summed E-state index contributed by atoms with van der Waals surface area (Å²) in [5, 5.41) is 0.659. The van der Waals surface area contributed by atoms with Crippen molar-refractivity contribution in [3.05, 3.63) is 35.8 Å². The monoisotopic (exact) mass is 315 g/mol. The third-order valence-corrected chi connectivity index (χ3v) is 4.97. The molecule has 2 saturated heterocycles. The number of aromatic nitrogens is 1. The third-order valence-electron chi connectivity index (χ3n) is 4.97. The summed E-state index contributed by atoms with van der Waals surface area (Å²) in [5.74, 6) is -0.512. The van der Waals surface area contributed by atoms with Crippen molar-refractivity contribution in [2.24, 2.45) is 0 Å². The first-order valence-electron chi connectivity index (χ1n) is 7.94. The van der Waals surface area contributed by atoms with Crippen molar-refractivity contribution in [1.29, 1.82) is 0 Å². The number of carbonyl (C=O) groups is 2. The lowest BCUT2D eigenvalue weighted by Crippen LogP contribution is -2.60. The number of amides is 2. The second-order valence-electron chi connectivity index (χ2n) is 6.38. The van der Waals surface area contributed by atoms with Gasteiger partial charge in [0.1, 0.15) is 17.6 Å². The van der Waals surface area contributed by atoms with Crippen LogP contribution in [-0.4, -0.2) is 51.8 Å². The minimum Gasteiger partial charge on any atom is -0.351 e. The highest BCUT2D eigenvalue weighted by Gasteiger charge is 2.42. The normalized spacial score (nSPS) is 24.3. The van der Waals surface area contributed by atoms with Gasteiger partial charge in [0.05, 0.1) is 0 Å². The van der Waals surface area contributed by atoms with Crippen molar-refractivity contribution >= 4 is 22.7 Å². The molecular formula is C17H18FN3O2. The molecule has 0 spiro atoms.